The van der Waals surface area contributed by atoms with Gasteiger partial charge in [-0.25, -0.2) is 0 Å². The molecule has 1 aromatic carbocycles. The number of carboxylic acids is 1. The van der Waals surface area contributed by atoms with Crippen molar-refractivity contribution in [3.05, 3.63) is 30.0 Å². The molecular formula is C17H19N3O3. The van der Waals surface area contributed by atoms with Crippen LogP contribution in [-0.4, -0.2) is 44.7 Å². The highest BCUT2D eigenvalue weighted by Gasteiger charge is 2.55. The third-order valence-electron chi connectivity index (χ3n) is 5.54. The van der Waals surface area contributed by atoms with Gasteiger partial charge in [-0.15, -0.1) is 0 Å². The zero-order valence-corrected chi connectivity index (χ0v) is 12.8. The number of aromatic nitrogens is 2. The van der Waals surface area contributed by atoms with Gasteiger partial charge in [0.25, 0.3) is 5.91 Å². The third-order valence-corrected chi connectivity index (χ3v) is 5.54. The lowest BCUT2D eigenvalue weighted by Gasteiger charge is -2.38. The van der Waals surface area contributed by atoms with Crippen molar-refractivity contribution in [1.82, 2.24) is 15.1 Å². The highest BCUT2D eigenvalue weighted by molar-refractivity contribution is 5.98. The molecule has 23 heavy (non-hydrogen) atoms. The first kappa shape index (κ1) is 14.2. The molecule has 1 aromatic heterocycles. The number of fused-ring (bicyclic) bond motifs is 2. The van der Waals surface area contributed by atoms with E-state index in [-0.39, 0.29) is 11.9 Å². The van der Waals surface area contributed by atoms with Crippen LogP contribution in [0, 0.1) is 5.41 Å². The van der Waals surface area contributed by atoms with Gasteiger partial charge in [-0.1, -0.05) is 12.8 Å². The second-order valence-corrected chi connectivity index (χ2v) is 6.64. The quantitative estimate of drug-likeness (QED) is 0.891. The largest absolute Gasteiger partial charge is 0.481 e. The average molecular weight is 313 g/mol. The highest BCUT2D eigenvalue weighted by atomic mass is 16.4. The van der Waals surface area contributed by atoms with Crippen molar-refractivity contribution in [1.29, 1.82) is 0 Å². The summed E-state index contributed by atoms with van der Waals surface area (Å²) in [6.45, 7) is 0.527. The number of aliphatic carboxylic acids is 1. The lowest BCUT2D eigenvalue weighted by molar-refractivity contribution is -0.152. The number of H-pyrrole nitrogens is 1. The van der Waals surface area contributed by atoms with Crippen molar-refractivity contribution in [2.24, 2.45) is 5.41 Å². The van der Waals surface area contributed by atoms with E-state index in [2.05, 4.69) is 10.2 Å². The Labute approximate surface area is 133 Å². The fourth-order valence-corrected chi connectivity index (χ4v) is 4.28. The number of amides is 1. The lowest BCUT2D eigenvalue weighted by atomic mass is 9.70. The van der Waals surface area contributed by atoms with E-state index in [1.54, 1.807) is 17.2 Å². The summed E-state index contributed by atoms with van der Waals surface area (Å²) >= 11 is 0. The molecule has 6 nitrogen and oxygen atoms in total. The van der Waals surface area contributed by atoms with Gasteiger partial charge in [0.2, 0.25) is 0 Å². The van der Waals surface area contributed by atoms with Crippen LogP contribution in [0.25, 0.3) is 10.9 Å². The molecule has 1 aliphatic carbocycles. The summed E-state index contributed by atoms with van der Waals surface area (Å²) in [6, 6.07) is 5.27. The molecule has 0 bridgehead atoms. The normalized spacial score (nSPS) is 27.1. The fourth-order valence-electron chi connectivity index (χ4n) is 4.28. The molecule has 120 valence electrons. The molecule has 1 aliphatic heterocycles. The van der Waals surface area contributed by atoms with Crippen LogP contribution in [0.5, 0.6) is 0 Å². The fraction of sp³-hybridized carbons (Fsp3) is 0.471. The van der Waals surface area contributed by atoms with Crippen LogP contribution in [0.1, 0.15) is 42.5 Å². The van der Waals surface area contributed by atoms with E-state index in [9.17, 15) is 14.7 Å². The molecule has 1 amide bonds. The number of carboxylic acid groups (broad SMARTS) is 1. The Morgan fingerprint density at radius 3 is 3.00 bits per heavy atom. The second kappa shape index (κ2) is 5.08. The van der Waals surface area contributed by atoms with Crippen molar-refractivity contribution in [2.75, 3.05) is 6.54 Å². The SMILES string of the molecule is O=C(c1ccc2[nH]ncc2c1)N1CC[C@]2(C(=O)O)CCCC[C@H]12. The maximum atomic E-state index is 12.9. The van der Waals surface area contributed by atoms with E-state index in [1.165, 1.54) is 0 Å². The topological polar surface area (TPSA) is 86.3 Å². The first-order valence-electron chi connectivity index (χ1n) is 8.09. The molecule has 4 rings (SSSR count). The first-order valence-corrected chi connectivity index (χ1v) is 8.09. The third kappa shape index (κ3) is 2.04. The maximum Gasteiger partial charge on any atom is 0.311 e. The minimum Gasteiger partial charge on any atom is -0.481 e. The summed E-state index contributed by atoms with van der Waals surface area (Å²) in [4.78, 5) is 26.6. The summed E-state index contributed by atoms with van der Waals surface area (Å²) < 4.78 is 0. The van der Waals surface area contributed by atoms with Gasteiger partial charge < -0.3 is 10.0 Å². The van der Waals surface area contributed by atoms with Gasteiger partial charge >= 0.3 is 5.97 Å². The number of carbonyl (C=O) groups excluding carboxylic acids is 1. The number of rotatable bonds is 2. The number of aromatic amines is 1. The smallest absolute Gasteiger partial charge is 0.311 e. The maximum absolute atomic E-state index is 12.9. The van der Waals surface area contributed by atoms with Gasteiger partial charge in [-0.2, -0.15) is 5.10 Å². The number of hydrogen-bond acceptors (Lipinski definition) is 3. The van der Waals surface area contributed by atoms with Crippen molar-refractivity contribution in [3.63, 3.8) is 0 Å². The van der Waals surface area contributed by atoms with Crippen molar-refractivity contribution < 1.29 is 14.7 Å². The summed E-state index contributed by atoms with van der Waals surface area (Å²) in [6.07, 6.45) is 5.64. The Morgan fingerprint density at radius 1 is 1.30 bits per heavy atom. The molecule has 2 aromatic rings. The number of nitrogens with one attached hydrogen (secondary N) is 1. The van der Waals surface area contributed by atoms with Crippen molar-refractivity contribution in [2.45, 2.75) is 38.1 Å². The Balaban J connectivity index is 1.67. The van der Waals surface area contributed by atoms with Gasteiger partial charge in [0, 0.05) is 23.5 Å². The molecule has 0 radical (unpaired) electrons. The predicted octanol–water partition coefficient (Wildman–Crippen LogP) is 2.42. The molecule has 2 atom stereocenters. The Hall–Kier alpha value is -2.37. The molecule has 0 unspecified atom stereocenters. The van der Waals surface area contributed by atoms with Crippen LogP contribution >= 0.6 is 0 Å². The molecule has 0 spiro atoms. The zero-order chi connectivity index (χ0) is 16.0. The zero-order valence-electron chi connectivity index (χ0n) is 12.8. The van der Waals surface area contributed by atoms with E-state index in [0.29, 0.717) is 24.9 Å². The van der Waals surface area contributed by atoms with Crippen LogP contribution < -0.4 is 0 Å². The lowest BCUT2D eigenvalue weighted by Crippen LogP contribution is -2.48. The minimum absolute atomic E-state index is 0.0666. The van der Waals surface area contributed by atoms with Crippen LogP contribution in [-0.2, 0) is 4.79 Å². The molecule has 2 aliphatic rings. The highest BCUT2D eigenvalue weighted by Crippen LogP contribution is 2.47. The first-order chi connectivity index (χ1) is 11.1. The average Bonchev–Trinajstić information content (AvgIpc) is 3.18. The van der Waals surface area contributed by atoms with E-state index >= 15 is 0 Å². The van der Waals surface area contributed by atoms with E-state index in [0.717, 1.165) is 30.2 Å². The van der Waals surface area contributed by atoms with Gasteiger partial charge in [0.1, 0.15) is 0 Å². The number of nitrogens with zero attached hydrogens (tertiary/aromatic N) is 2. The molecule has 6 heteroatoms. The molecule has 2 fully saturated rings. The number of likely N-dealkylation sites (tertiary alicyclic amines) is 1. The van der Waals surface area contributed by atoms with E-state index in [4.69, 9.17) is 0 Å². The molecule has 1 saturated carbocycles. The monoisotopic (exact) mass is 313 g/mol. The minimum atomic E-state index is -0.747. The van der Waals surface area contributed by atoms with Crippen molar-refractivity contribution >= 4 is 22.8 Å². The number of carbonyl (C=O) groups is 2. The Kier molecular flexibility index (Phi) is 3.14. The van der Waals surface area contributed by atoms with Gasteiger partial charge in [-0.3, -0.25) is 14.7 Å². The van der Waals surface area contributed by atoms with Crippen LogP contribution in [0.2, 0.25) is 0 Å². The molecule has 1 saturated heterocycles. The standard InChI is InChI=1S/C17H19N3O3/c21-15(11-4-5-13-12(9-11)10-18-19-13)20-8-7-17(16(22)23)6-2-1-3-14(17)20/h4-5,9-10,14H,1-3,6-8H2,(H,18,19)(H,22,23)/t14-,17+/m0/s1. The van der Waals surface area contributed by atoms with Gasteiger partial charge in [0.05, 0.1) is 17.1 Å². The Bertz CT molecular complexity index is 784. The molecule has 2 N–H and O–H groups in total. The molecular weight excluding hydrogens is 294 g/mol. The van der Waals surface area contributed by atoms with E-state index < -0.39 is 11.4 Å². The summed E-state index contributed by atoms with van der Waals surface area (Å²) in [5.41, 5.74) is 0.749. The summed E-state index contributed by atoms with van der Waals surface area (Å²) in [7, 11) is 0. The van der Waals surface area contributed by atoms with E-state index in [1.807, 2.05) is 12.1 Å². The van der Waals surface area contributed by atoms with Gasteiger partial charge in [-0.05, 0) is 37.5 Å². The summed E-state index contributed by atoms with van der Waals surface area (Å²) in [5.74, 6) is -0.814. The summed E-state index contributed by atoms with van der Waals surface area (Å²) in [5, 5.41) is 17.5. The van der Waals surface area contributed by atoms with Crippen LogP contribution in [0.4, 0.5) is 0 Å². The predicted molar refractivity (Wildman–Crippen MR) is 84.1 cm³/mol. The van der Waals surface area contributed by atoms with Crippen LogP contribution in [0.3, 0.4) is 0 Å². The number of benzene rings is 1. The van der Waals surface area contributed by atoms with Crippen LogP contribution in [0.15, 0.2) is 24.4 Å². The Morgan fingerprint density at radius 2 is 2.17 bits per heavy atom. The second-order valence-electron chi connectivity index (χ2n) is 6.64. The van der Waals surface area contributed by atoms with Gasteiger partial charge in [0.15, 0.2) is 0 Å². The van der Waals surface area contributed by atoms with Crippen molar-refractivity contribution in [3.8, 4) is 0 Å². The molecule has 2 heterocycles. The number of hydrogen-bond donors (Lipinski definition) is 2.